The summed E-state index contributed by atoms with van der Waals surface area (Å²) in [4.78, 5) is 0.427. The standard InChI is InChI=1S/C17H26N2O2S.ClH/c1-4-17(2,3)15-5-7-16(8-6-15)22(20,21)19-11-13-9-18-10-14(13)12-19;/h5-8,13-14,18H,4,9-12H2,1-3H3;1H/t13-,14+;. The van der Waals surface area contributed by atoms with Gasteiger partial charge in [0.1, 0.15) is 0 Å². The zero-order valence-electron chi connectivity index (χ0n) is 14.1. The lowest BCUT2D eigenvalue weighted by Crippen LogP contribution is -2.32. The van der Waals surface area contributed by atoms with E-state index in [0.717, 1.165) is 19.5 Å². The zero-order chi connectivity index (χ0) is 16.0. The Morgan fingerprint density at radius 1 is 1.13 bits per heavy atom. The third kappa shape index (κ3) is 3.43. The van der Waals surface area contributed by atoms with E-state index in [2.05, 4.69) is 26.1 Å². The molecule has 1 N–H and O–H groups in total. The van der Waals surface area contributed by atoms with Crippen molar-refractivity contribution in [3.05, 3.63) is 29.8 Å². The molecule has 0 spiro atoms. The van der Waals surface area contributed by atoms with E-state index in [9.17, 15) is 8.42 Å². The number of nitrogens with zero attached hydrogens (tertiary/aromatic N) is 1. The average molecular weight is 359 g/mol. The van der Waals surface area contributed by atoms with Crippen molar-refractivity contribution in [2.75, 3.05) is 26.2 Å². The highest BCUT2D eigenvalue weighted by Crippen LogP contribution is 2.32. The van der Waals surface area contributed by atoms with E-state index in [1.165, 1.54) is 5.56 Å². The van der Waals surface area contributed by atoms with Crippen LogP contribution >= 0.6 is 12.4 Å². The van der Waals surface area contributed by atoms with Gasteiger partial charge in [-0.3, -0.25) is 0 Å². The Labute approximate surface area is 146 Å². The second-order valence-corrected chi connectivity index (χ2v) is 9.20. The van der Waals surface area contributed by atoms with Crippen LogP contribution in [-0.2, 0) is 15.4 Å². The summed E-state index contributed by atoms with van der Waals surface area (Å²) in [5, 5.41) is 3.35. The van der Waals surface area contributed by atoms with Gasteiger partial charge in [-0.25, -0.2) is 8.42 Å². The molecule has 0 radical (unpaired) electrons. The van der Waals surface area contributed by atoms with Crippen molar-refractivity contribution in [1.29, 1.82) is 0 Å². The first kappa shape index (κ1) is 18.7. The first-order chi connectivity index (χ1) is 10.3. The minimum atomic E-state index is -3.34. The lowest BCUT2D eigenvalue weighted by molar-refractivity contribution is 0.448. The van der Waals surface area contributed by atoms with Gasteiger partial charge in [0.2, 0.25) is 10.0 Å². The molecule has 130 valence electrons. The molecule has 2 aliphatic heterocycles. The van der Waals surface area contributed by atoms with Gasteiger partial charge in [0.15, 0.2) is 0 Å². The number of fused-ring (bicyclic) bond motifs is 1. The van der Waals surface area contributed by atoms with Crippen molar-refractivity contribution in [2.24, 2.45) is 11.8 Å². The molecule has 2 heterocycles. The Bertz CT molecular complexity index is 631. The molecule has 0 saturated carbocycles. The predicted molar refractivity (Wildman–Crippen MR) is 95.6 cm³/mol. The second kappa shape index (κ2) is 6.71. The van der Waals surface area contributed by atoms with Gasteiger partial charge < -0.3 is 5.32 Å². The Kier molecular flexibility index (Phi) is 5.46. The number of halogens is 1. The molecular weight excluding hydrogens is 332 g/mol. The van der Waals surface area contributed by atoms with E-state index >= 15 is 0 Å². The average Bonchev–Trinajstić information content (AvgIpc) is 3.09. The molecular formula is C17H27ClN2O2S. The molecule has 0 bridgehead atoms. The molecule has 0 amide bonds. The number of hydrogen-bond donors (Lipinski definition) is 1. The maximum atomic E-state index is 12.8. The highest BCUT2D eigenvalue weighted by atomic mass is 35.5. The first-order valence-electron chi connectivity index (χ1n) is 8.16. The van der Waals surface area contributed by atoms with Crippen LogP contribution in [0.25, 0.3) is 0 Å². The van der Waals surface area contributed by atoms with E-state index in [4.69, 9.17) is 0 Å². The molecule has 0 aliphatic carbocycles. The second-order valence-electron chi connectivity index (χ2n) is 7.26. The van der Waals surface area contributed by atoms with Crippen LogP contribution in [-0.4, -0.2) is 38.9 Å². The lowest BCUT2D eigenvalue weighted by Gasteiger charge is -2.24. The van der Waals surface area contributed by atoms with Gasteiger partial charge in [-0.2, -0.15) is 4.31 Å². The van der Waals surface area contributed by atoms with E-state index in [1.807, 2.05) is 12.1 Å². The highest BCUT2D eigenvalue weighted by Gasteiger charge is 2.41. The van der Waals surface area contributed by atoms with Gasteiger partial charge in [-0.05, 0) is 54.5 Å². The number of hydrogen-bond acceptors (Lipinski definition) is 3. The summed E-state index contributed by atoms with van der Waals surface area (Å²) in [5.41, 5.74) is 1.27. The summed E-state index contributed by atoms with van der Waals surface area (Å²) in [7, 11) is -3.34. The normalized spacial score (nSPS) is 25.2. The summed E-state index contributed by atoms with van der Waals surface area (Å²) in [6.45, 7) is 9.73. The van der Waals surface area contributed by atoms with Crippen molar-refractivity contribution in [3.8, 4) is 0 Å². The summed E-state index contributed by atoms with van der Waals surface area (Å²) in [6.07, 6.45) is 1.03. The molecule has 2 saturated heterocycles. The molecule has 3 rings (SSSR count). The summed E-state index contributed by atoms with van der Waals surface area (Å²) >= 11 is 0. The van der Waals surface area contributed by atoms with Crippen LogP contribution in [0.3, 0.4) is 0 Å². The Morgan fingerprint density at radius 2 is 1.65 bits per heavy atom. The monoisotopic (exact) mass is 358 g/mol. The van der Waals surface area contributed by atoms with Crippen LogP contribution < -0.4 is 5.32 Å². The third-order valence-electron chi connectivity index (χ3n) is 5.51. The number of nitrogens with one attached hydrogen (secondary N) is 1. The van der Waals surface area contributed by atoms with Crippen molar-refractivity contribution in [3.63, 3.8) is 0 Å². The van der Waals surface area contributed by atoms with Crippen LogP contribution in [0, 0.1) is 11.8 Å². The van der Waals surface area contributed by atoms with Crippen LogP contribution in [0.2, 0.25) is 0 Å². The van der Waals surface area contributed by atoms with E-state index in [1.54, 1.807) is 16.4 Å². The van der Waals surface area contributed by atoms with Gasteiger partial charge in [0, 0.05) is 13.1 Å². The zero-order valence-corrected chi connectivity index (χ0v) is 15.7. The fourth-order valence-corrected chi connectivity index (χ4v) is 4.99. The van der Waals surface area contributed by atoms with Crippen molar-refractivity contribution >= 4 is 22.4 Å². The third-order valence-corrected chi connectivity index (χ3v) is 7.36. The number of sulfonamides is 1. The molecule has 2 fully saturated rings. The molecule has 1 aromatic carbocycles. The highest BCUT2D eigenvalue weighted by molar-refractivity contribution is 7.89. The Morgan fingerprint density at radius 3 is 2.13 bits per heavy atom. The quantitative estimate of drug-likeness (QED) is 0.900. The van der Waals surface area contributed by atoms with Crippen LogP contribution in [0.15, 0.2) is 29.2 Å². The topological polar surface area (TPSA) is 49.4 Å². The maximum Gasteiger partial charge on any atom is 0.243 e. The SMILES string of the molecule is CCC(C)(C)c1ccc(S(=O)(=O)N2C[C@H]3CNC[C@H]3C2)cc1.Cl. The lowest BCUT2D eigenvalue weighted by atomic mass is 9.82. The largest absolute Gasteiger partial charge is 0.316 e. The number of rotatable bonds is 4. The van der Waals surface area contributed by atoms with Crippen molar-refractivity contribution < 1.29 is 8.42 Å². The molecule has 6 heteroatoms. The van der Waals surface area contributed by atoms with Gasteiger partial charge in [-0.15, -0.1) is 12.4 Å². The Balaban J connectivity index is 0.00000192. The van der Waals surface area contributed by atoms with Crippen molar-refractivity contribution in [2.45, 2.75) is 37.5 Å². The fourth-order valence-electron chi connectivity index (χ4n) is 3.44. The first-order valence-corrected chi connectivity index (χ1v) is 9.60. The molecule has 2 aliphatic rings. The summed E-state index contributed by atoms with van der Waals surface area (Å²) < 4.78 is 27.3. The molecule has 2 atom stereocenters. The van der Waals surface area contributed by atoms with E-state index < -0.39 is 10.0 Å². The van der Waals surface area contributed by atoms with Crippen molar-refractivity contribution in [1.82, 2.24) is 9.62 Å². The van der Waals surface area contributed by atoms with E-state index in [0.29, 0.717) is 29.8 Å². The number of benzene rings is 1. The summed E-state index contributed by atoms with van der Waals surface area (Å²) in [6, 6.07) is 7.48. The van der Waals surface area contributed by atoms with E-state index in [-0.39, 0.29) is 17.8 Å². The van der Waals surface area contributed by atoms with Crippen LogP contribution in [0.1, 0.15) is 32.8 Å². The van der Waals surface area contributed by atoms with Gasteiger partial charge in [0.25, 0.3) is 0 Å². The van der Waals surface area contributed by atoms with Gasteiger partial charge in [0.05, 0.1) is 4.90 Å². The minimum Gasteiger partial charge on any atom is -0.316 e. The van der Waals surface area contributed by atoms with Crippen LogP contribution in [0.4, 0.5) is 0 Å². The predicted octanol–water partition coefficient (Wildman–Crippen LogP) is 2.64. The molecule has 0 unspecified atom stereocenters. The molecule has 23 heavy (non-hydrogen) atoms. The maximum absolute atomic E-state index is 12.8. The molecule has 4 nitrogen and oxygen atoms in total. The summed E-state index contributed by atoms with van der Waals surface area (Å²) in [5.74, 6) is 0.959. The van der Waals surface area contributed by atoms with Gasteiger partial charge in [-0.1, -0.05) is 32.9 Å². The van der Waals surface area contributed by atoms with Gasteiger partial charge >= 0.3 is 0 Å². The Hall–Kier alpha value is -0.620. The smallest absolute Gasteiger partial charge is 0.243 e. The van der Waals surface area contributed by atoms with Crippen LogP contribution in [0.5, 0.6) is 0 Å². The molecule has 0 aromatic heterocycles. The fraction of sp³-hybridized carbons (Fsp3) is 0.647. The molecule has 1 aromatic rings. The minimum absolute atomic E-state index is 0.